The normalized spacial score (nSPS) is 13.5. The van der Waals surface area contributed by atoms with E-state index in [2.05, 4.69) is 23.1 Å². The first-order valence-corrected chi connectivity index (χ1v) is 8.15. The Kier molecular flexibility index (Phi) is 15.0. The Balaban J connectivity index is 3.42. The van der Waals surface area contributed by atoms with E-state index < -0.39 is 5.97 Å². The first-order valence-electron chi connectivity index (χ1n) is 8.15. The van der Waals surface area contributed by atoms with E-state index >= 15 is 0 Å². The standard InChI is InChI=1S/C18H30O4/c1-2-14-17(22-21)15-12-10-8-6-4-3-5-7-9-11-13-16-18(19)20/h2,4,6,10,12,14,17,21H,3,5,7-9,11,13,15-16H2,1H3,(H,19,20). The van der Waals surface area contributed by atoms with Crippen molar-refractivity contribution in [3.8, 4) is 0 Å². The van der Waals surface area contributed by atoms with Crippen molar-refractivity contribution in [3.63, 3.8) is 0 Å². The van der Waals surface area contributed by atoms with Crippen molar-refractivity contribution in [2.75, 3.05) is 0 Å². The molecule has 0 aromatic carbocycles. The average Bonchev–Trinajstić information content (AvgIpc) is 2.50. The van der Waals surface area contributed by atoms with Gasteiger partial charge in [0.2, 0.25) is 0 Å². The first-order chi connectivity index (χ1) is 10.7. The minimum atomic E-state index is -0.696. The van der Waals surface area contributed by atoms with Crippen LogP contribution in [-0.4, -0.2) is 22.4 Å². The summed E-state index contributed by atoms with van der Waals surface area (Å²) in [6, 6.07) is 0. The van der Waals surface area contributed by atoms with Gasteiger partial charge in [0.25, 0.3) is 0 Å². The zero-order chi connectivity index (χ0) is 16.5. The summed E-state index contributed by atoms with van der Waals surface area (Å²) in [5, 5.41) is 17.1. The van der Waals surface area contributed by atoms with Crippen LogP contribution in [0.25, 0.3) is 0 Å². The van der Waals surface area contributed by atoms with E-state index in [0.29, 0.717) is 12.8 Å². The summed E-state index contributed by atoms with van der Waals surface area (Å²) < 4.78 is 0. The predicted octanol–water partition coefficient (Wildman–Crippen LogP) is 5.13. The van der Waals surface area contributed by atoms with Crippen LogP contribution in [0.5, 0.6) is 0 Å². The molecule has 0 saturated carbocycles. The fourth-order valence-corrected chi connectivity index (χ4v) is 2.06. The first kappa shape index (κ1) is 20.6. The molecular weight excluding hydrogens is 280 g/mol. The minimum absolute atomic E-state index is 0.258. The summed E-state index contributed by atoms with van der Waals surface area (Å²) in [5.41, 5.74) is 0. The number of carboxylic acids is 1. The lowest BCUT2D eigenvalue weighted by Gasteiger charge is -2.03. The van der Waals surface area contributed by atoms with Gasteiger partial charge in [-0.3, -0.25) is 10.1 Å². The highest BCUT2D eigenvalue weighted by atomic mass is 17.1. The minimum Gasteiger partial charge on any atom is -0.481 e. The van der Waals surface area contributed by atoms with Crippen LogP contribution < -0.4 is 0 Å². The van der Waals surface area contributed by atoms with Crippen LogP contribution >= 0.6 is 0 Å². The van der Waals surface area contributed by atoms with E-state index in [9.17, 15) is 4.79 Å². The Morgan fingerprint density at radius 2 is 1.73 bits per heavy atom. The molecule has 1 atom stereocenters. The number of hydrogen-bond acceptors (Lipinski definition) is 3. The monoisotopic (exact) mass is 310 g/mol. The SMILES string of the molecule is CC=CC(CC=CCC=CCCCCCCCC(=O)O)OO. The van der Waals surface area contributed by atoms with Crippen LogP contribution in [0.1, 0.15) is 64.7 Å². The molecule has 0 aliphatic carbocycles. The molecule has 0 amide bonds. The molecule has 126 valence electrons. The predicted molar refractivity (Wildman–Crippen MR) is 89.8 cm³/mol. The molecule has 0 aromatic heterocycles. The summed E-state index contributed by atoms with van der Waals surface area (Å²) in [6.45, 7) is 1.89. The molecule has 0 radical (unpaired) electrons. The Labute approximate surface area is 134 Å². The van der Waals surface area contributed by atoms with Crippen LogP contribution in [0.4, 0.5) is 0 Å². The molecule has 0 heterocycles. The van der Waals surface area contributed by atoms with Crippen molar-refractivity contribution in [3.05, 3.63) is 36.5 Å². The van der Waals surface area contributed by atoms with Gasteiger partial charge in [0, 0.05) is 6.42 Å². The van der Waals surface area contributed by atoms with Gasteiger partial charge in [0.05, 0.1) is 0 Å². The number of aliphatic carboxylic acids is 1. The highest BCUT2D eigenvalue weighted by Crippen LogP contribution is 2.08. The average molecular weight is 310 g/mol. The van der Waals surface area contributed by atoms with Crippen LogP contribution in [0, 0.1) is 0 Å². The fourth-order valence-electron chi connectivity index (χ4n) is 2.06. The molecule has 0 saturated heterocycles. The van der Waals surface area contributed by atoms with Crippen LogP contribution in [-0.2, 0) is 9.68 Å². The largest absolute Gasteiger partial charge is 0.481 e. The highest BCUT2D eigenvalue weighted by molar-refractivity contribution is 5.66. The zero-order valence-corrected chi connectivity index (χ0v) is 13.6. The molecule has 0 rings (SSSR count). The lowest BCUT2D eigenvalue weighted by Crippen LogP contribution is -2.04. The second-order valence-electron chi connectivity index (χ2n) is 5.28. The zero-order valence-electron chi connectivity index (χ0n) is 13.6. The van der Waals surface area contributed by atoms with Gasteiger partial charge in [-0.1, -0.05) is 55.7 Å². The molecule has 1 unspecified atom stereocenters. The van der Waals surface area contributed by atoms with Gasteiger partial charge in [-0.15, -0.1) is 0 Å². The van der Waals surface area contributed by atoms with Crippen LogP contribution in [0.3, 0.4) is 0 Å². The van der Waals surface area contributed by atoms with Crippen molar-refractivity contribution in [2.45, 2.75) is 70.8 Å². The summed E-state index contributed by atoms with van der Waals surface area (Å²) in [4.78, 5) is 14.6. The highest BCUT2D eigenvalue weighted by Gasteiger charge is 1.99. The van der Waals surface area contributed by atoms with Crippen LogP contribution in [0.15, 0.2) is 36.5 Å². The van der Waals surface area contributed by atoms with Crippen molar-refractivity contribution in [1.82, 2.24) is 0 Å². The van der Waals surface area contributed by atoms with Crippen molar-refractivity contribution in [1.29, 1.82) is 0 Å². The van der Waals surface area contributed by atoms with Crippen molar-refractivity contribution in [2.24, 2.45) is 0 Å². The topological polar surface area (TPSA) is 66.8 Å². The number of rotatable bonds is 14. The molecule has 0 spiro atoms. The fraction of sp³-hybridized carbons (Fsp3) is 0.611. The number of carboxylic acid groups (broad SMARTS) is 1. The van der Waals surface area contributed by atoms with E-state index in [1.807, 2.05) is 25.2 Å². The van der Waals surface area contributed by atoms with E-state index in [0.717, 1.165) is 38.5 Å². The summed E-state index contributed by atoms with van der Waals surface area (Å²) in [7, 11) is 0. The van der Waals surface area contributed by atoms with Crippen LogP contribution in [0.2, 0.25) is 0 Å². The third-order valence-corrected chi connectivity index (χ3v) is 3.28. The third kappa shape index (κ3) is 15.0. The molecule has 2 N–H and O–H groups in total. The van der Waals surface area contributed by atoms with E-state index in [4.69, 9.17) is 10.4 Å². The maximum atomic E-state index is 10.3. The summed E-state index contributed by atoms with van der Waals surface area (Å²) in [6.07, 6.45) is 20.0. The van der Waals surface area contributed by atoms with Gasteiger partial charge in [-0.05, 0) is 39.0 Å². The summed E-state index contributed by atoms with van der Waals surface area (Å²) in [5.74, 6) is -0.696. The number of unbranched alkanes of at least 4 members (excludes halogenated alkanes) is 5. The lowest BCUT2D eigenvalue weighted by molar-refractivity contribution is -0.264. The number of allylic oxidation sites excluding steroid dienone is 4. The van der Waals surface area contributed by atoms with Gasteiger partial charge in [-0.2, -0.15) is 0 Å². The number of carbonyl (C=O) groups is 1. The van der Waals surface area contributed by atoms with Crippen molar-refractivity contribution < 1.29 is 20.0 Å². The molecule has 0 aromatic rings. The Bertz CT molecular complexity index is 345. The quantitative estimate of drug-likeness (QED) is 0.202. The molecule has 0 aliphatic heterocycles. The molecule has 0 fully saturated rings. The summed E-state index contributed by atoms with van der Waals surface area (Å²) >= 11 is 0. The van der Waals surface area contributed by atoms with Gasteiger partial charge in [0.1, 0.15) is 6.10 Å². The second kappa shape index (κ2) is 16.0. The van der Waals surface area contributed by atoms with Gasteiger partial charge < -0.3 is 5.11 Å². The molecule has 4 heteroatoms. The molecule has 4 nitrogen and oxygen atoms in total. The molecule has 0 aliphatic rings. The maximum Gasteiger partial charge on any atom is 0.303 e. The third-order valence-electron chi connectivity index (χ3n) is 3.28. The van der Waals surface area contributed by atoms with Gasteiger partial charge in [0.15, 0.2) is 0 Å². The van der Waals surface area contributed by atoms with E-state index in [-0.39, 0.29) is 6.10 Å². The Morgan fingerprint density at radius 1 is 1.05 bits per heavy atom. The Morgan fingerprint density at radius 3 is 2.41 bits per heavy atom. The lowest BCUT2D eigenvalue weighted by atomic mass is 10.1. The maximum absolute atomic E-state index is 10.3. The molecular formula is C18H30O4. The van der Waals surface area contributed by atoms with Gasteiger partial charge >= 0.3 is 5.97 Å². The van der Waals surface area contributed by atoms with E-state index in [1.54, 1.807) is 0 Å². The van der Waals surface area contributed by atoms with E-state index in [1.165, 1.54) is 6.42 Å². The van der Waals surface area contributed by atoms with Gasteiger partial charge in [-0.25, -0.2) is 4.89 Å². The smallest absolute Gasteiger partial charge is 0.303 e. The number of hydrogen-bond donors (Lipinski definition) is 2. The molecule has 22 heavy (non-hydrogen) atoms. The second-order valence-corrected chi connectivity index (χ2v) is 5.28. The Hall–Kier alpha value is -1.39. The van der Waals surface area contributed by atoms with Crippen molar-refractivity contribution >= 4 is 5.97 Å². The molecule has 0 bridgehead atoms.